The van der Waals surface area contributed by atoms with Crippen molar-refractivity contribution in [2.24, 2.45) is 11.8 Å². The summed E-state index contributed by atoms with van der Waals surface area (Å²) in [5.41, 5.74) is 1.23. The van der Waals surface area contributed by atoms with Gasteiger partial charge in [-0.2, -0.15) is 0 Å². The van der Waals surface area contributed by atoms with E-state index in [4.69, 9.17) is 4.42 Å². The fourth-order valence-electron chi connectivity index (χ4n) is 6.59. The van der Waals surface area contributed by atoms with Crippen LogP contribution in [0.2, 0.25) is 0 Å². The van der Waals surface area contributed by atoms with Crippen molar-refractivity contribution >= 4 is 16.9 Å². The number of fused-ring (bicyclic) bond motifs is 5. The summed E-state index contributed by atoms with van der Waals surface area (Å²) in [6.45, 7) is 3.53. The summed E-state index contributed by atoms with van der Waals surface area (Å²) in [5, 5.41) is 10.5. The van der Waals surface area contributed by atoms with Crippen LogP contribution in [0, 0.1) is 11.8 Å². The Balaban J connectivity index is 1.49. The first-order valence-electron chi connectivity index (χ1n) is 10.5. The van der Waals surface area contributed by atoms with Gasteiger partial charge in [0.1, 0.15) is 16.7 Å². The predicted molar refractivity (Wildman–Crippen MR) is 104 cm³/mol. The Labute approximate surface area is 158 Å². The molecule has 1 N–H and O–H groups in total. The summed E-state index contributed by atoms with van der Waals surface area (Å²) in [7, 11) is 0. The highest BCUT2D eigenvalue weighted by atomic mass is 16.4. The lowest BCUT2D eigenvalue weighted by molar-refractivity contribution is -0.0152. The molecule has 4 atom stereocenters. The summed E-state index contributed by atoms with van der Waals surface area (Å²) in [4.78, 5) is 18.3. The first-order chi connectivity index (χ1) is 13.2. The number of piperidine rings is 3. The van der Waals surface area contributed by atoms with E-state index in [1.807, 2.05) is 0 Å². The number of nitrogens with zero attached hydrogens (tertiary/aromatic N) is 2. The molecule has 0 bridgehead atoms. The fourth-order valence-corrected chi connectivity index (χ4v) is 6.59. The lowest BCUT2D eigenvalue weighted by Crippen LogP contribution is -2.65. The van der Waals surface area contributed by atoms with Crippen LogP contribution in [-0.4, -0.2) is 41.7 Å². The van der Waals surface area contributed by atoms with E-state index >= 15 is 0 Å². The van der Waals surface area contributed by atoms with Crippen molar-refractivity contribution in [3.63, 3.8) is 0 Å². The average Bonchev–Trinajstić information content (AvgIpc) is 2.68. The summed E-state index contributed by atoms with van der Waals surface area (Å²) < 4.78 is 6.29. The van der Waals surface area contributed by atoms with Gasteiger partial charge in [0.2, 0.25) is 11.3 Å². The van der Waals surface area contributed by atoms with Gasteiger partial charge in [0.05, 0.1) is 5.56 Å². The fraction of sp³-hybridized carbons (Fsp3) is 0.591. The molecule has 1 aromatic heterocycles. The van der Waals surface area contributed by atoms with Gasteiger partial charge in [0.15, 0.2) is 0 Å². The second-order valence-corrected chi connectivity index (χ2v) is 8.86. The van der Waals surface area contributed by atoms with Gasteiger partial charge >= 0.3 is 0 Å². The number of benzene rings is 1. The molecule has 0 radical (unpaired) electrons. The molecule has 2 aromatic rings. The first-order valence-corrected chi connectivity index (χ1v) is 10.5. The zero-order valence-corrected chi connectivity index (χ0v) is 15.6. The number of rotatable bonds is 0. The van der Waals surface area contributed by atoms with Crippen molar-refractivity contribution in [2.45, 2.75) is 50.6 Å². The first kappa shape index (κ1) is 16.0. The van der Waals surface area contributed by atoms with Crippen molar-refractivity contribution in [3.05, 3.63) is 34.0 Å². The Morgan fingerprint density at radius 2 is 1.96 bits per heavy atom. The maximum atomic E-state index is 13.1. The van der Waals surface area contributed by atoms with Crippen LogP contribution in [0.25, 0.3) is 11.0 Å². The van der Waals surface area contributed by atoms with E-state index in [0.717, 1.165) is 36.9 Å². The monoisotopic (exact) mass is 366 g/mol. The maximum Gasteiger partial charge on any atom is 0.203 e. The van der Waals surface area contributed by atoms with E-state index in [-0.39, 0.29) is 11.2 Å². The number of aromatic hydroxyl groups is 1. The van der Waals surface area contributed by atoms with Crippen molar-refractivity contribution in [2.75, 3.05) is 24.5 Å². The smallest absolute Gasteiger partial charge is 0.203 e. The minimum absolute atomic E-state index is 0.0279. The molecule has 0 spiro atoms. The van der Waals surface area contributed by atoms with E-state index in [9.17, 15) is 9.90 Å². The highest BCUT2D eigenvalue weighted by Crippen LogP contribution is 2.47. The predicted octanol–water partition coefficient (Wildman–Crippen LogP) is 3.12. The second kappa shape index (κ2) is 5.74. The Morgan fingerprint density at radius 1 is 1.11 bits per heavy atom. The Bertz CT molecular complexity index is 966. The Kier molecular flexibility index (Phi) is 3.40. The number of anilines is 1. The summed E-state index contributed by atoms with van der Waals surface area (Å²) in [6.07, 6.45) is 6.95. The van der Waals surface area contributed by atoms with Crippen LogP contribution in [0.4, 0.5) is 5.88 Å². The van der Waals surface area contributed by atoms with Gasteiger partial charge in [0.25, 0.3) is 0 Å². The lowest BCUT2D eigenvalue weighted by Gasteiger charge is -2.58. The second-order valence-electron chi connectivity index (χ2n) is 8.86. The van der Waals surface area contributed by atoms with Crippen LogP contribution in [0.5, 0.6) is 5.75 Å². The van der Waals surface area contributed by atoms with E-state index in [0.29, 0.717) is 28.8 Å². The lowest BCUT2D eigenvalue weighted by atomic mass is 9.68. The van der Waals surface area contributed by atoms with Crippen LogP contribution in [0.1, 0.15) is 37.7 Å². The quantitative estimate of drug-likeness (QED) is 0.776. The van der Waals surface area contributed by atoms with Gasteiger partial charge in [0, 0.05) is 18.6 Å². The molecule has 5 heterocycles. The summed E-state index contributed by atoms with van der Waals surface area (Å²) in [6, 6.07) is 6.33. The van der Waals surface area contributed by atoms with Crippen molar-refractivity contribution < 1.29 is 9.52 Å². The van der Waals surface area contributed by atoms with E-state index < -0.39 is 0 Å². The standard InChI is InChI=1S/C22H26N2O3/c25-17-6-1-7-18-19(17)21(26)15-8-9-16-14-5-3-11-23-10-2-4-13(20(14)23)12-24(16)22(15)27-18/h1,6-7,13-14,16,20,25H,2-5,8-12H2/t13-,14+,16+,20-/m0/s1. The number of hydrogen-bond acceptors (Lipinski definition) is 5. The SMILES string of the molecule is O=c1c2c(oc3cccc(O)c13)N1C[C@@H]3CCCN4CCC[C@@H]([C@H]34)[C@H]1CC2. The van der Waals surface area contributed by atoms with Gasteiger partial charge < -0.3 is 14.4 Å². The summed E-state index contributed by atoms with van der Waals surface area (Å²) >= 11 is 0. The third-order valence-electron chi connectivity index (χ3n) is 7.59. The van der Waals surface area contributed by atoms with Crippen LogP contribution >= 0.6 is 0 Å². The van der Waals surface area contributed by atoms with Gasteiger partial charge in [-0.15, -0.1) is 0 Å². The highest BCUT2D eigenvalue weighted by molar-refractivity contribution is 5.85. The molecule has 3 fully saturated rings. The zero-order chi connectivity index (χ0) is 18.1. The highest BCUT2D eigenvalue weighted by Gasteiger charge is 2.50. The topological polar surface area (TPSA) is 56.9 Å². The molecule has 1 aromatic carbocycles. The minimum atomic E-state index is -0.0427. The molecule has 5 nitrogen and oxygen atoms in total. The number of phenols is 1. The Hall–Kier alpha value is -2.01. The van der Waals surface area contributed by atoms with Gasteiger partial charge in [-0.1, -0.05) is 6.07 Å². The largest absolute Gasteiger partial charge is 0.507 e. The summed E-state index contributed by atoms with van der Waals surface area (Å²) in [5.74, 6) is 2.18. The van der Waals surface area contributed by atoms with Crippen molar-refractivity contribution in [1.82, 2.24) is 4.90 Å². The Morgan fingerprint density at radius 3 is 2.85 bits per heavy atom. The van der Waals surface area contributed by atoms with Crippen molar-refractivity contribution in [3.8, 4) is 5.75 Å². The molecular formula is C22H26N2O3. The molecule has 5 heteroatoms. The molecule has 4 aliphatic rings. The van der Waals surface area contributed by atoms with Crippen LogP contribution in [-0.2, 0) is 6.42 Å². The van der Waals surface area contributed by atoms with Crippen LogP contribution in [0.15, 0.2) is 27.4 Å². The molecule has 0 saturated carbocycles. The van der Waals surface area contributed by atoms with Crippen molar-refractivity contribution in [1.29, 1.82) is 0 Å². The van der Waals surface area contributed by atoms with Gasteiger partial charge in [-0.05, 0) is 75.6 Å². The molecule has 27 heavy (non-hydrogen) atoms. The number of phenolic OH excluding ortho intramolecular Hbond substituents is 1. The molecule has 142 valence electrons. The van der Waals surface area contributed by atoms with E-state index in [1.165, 1.54) is 38.8 Å². The molecular weight excluding hydrogens is 340 g/mol. The molecule has 4 aliphatic heterocycles. The zero-order valence-electron chi connectivity index (χ0n) is 15.6. The number of hydrogen-bond donors (Lipinski definition) is 1. The van der Waals surface area contributed by atoms with Crippen LogP contribution in [0.3, 0.4) is 0 Å². The molecule has 3 saturated heterocycles. The third kappa shape index (κ3) is 2.18. The van der Waals surface area contributed by atoms with E-state index in [2.05, 4.69) is 9.80 Å². The molecule has 0 unspecified atom stereocenters. The molecule has 6 rings (SSSR count). The van der Waals surface area contributed by atoms with E-state index in [1.54, 1.807) is 18.2 Å². The maximum absolute atomic E-state index is 13.1. The van der Waals surface area contributed by atoms with Gasteiger partial charge in [-0.25, -0.2) is 0 Å². The average molecular weight is 366 g/mol. The van der Waals surface area contributed by atoms with Gasteiger partial charge in [-0.3, -0.25) is 9.69 Å². The van der Waals surface area contributed by atoms with Crippen LogP contribution < -0.4 is 10.3 Å². The normalized spacial score (nSPS) is 32.7. The minimum Gasteiger partial charge on any atom is -0.507 e. The molecule has 0 amide bonds. The third-order valence-corrected chi connectivity index (χ3v) is 7.59. The molecule has 0 aliphatic carbocycles.